The van der Waals surface area contributed by atoms with E-state index in [-0.39, 0.29) is 0 Å². The maximum atomic E-state index is 4.77. The van der Waals surface area contributed by atoms with E-state index in [2.05, 4.69) is 72.9 Å². The van der Waals surface area contributed by atoms with Crippen molar-refractivity contribution in [2.24, 2.45) is 0 Å². The Morgan fingerprint density at radius 1 is 1.10 bits per heavy atom. The summed E-state index contributed by atoms with van der Waals surface area (Å²) < 4.78 is 1.15. The predicted octanol–water partition coefficient (Wildman–Crippen LogP) is 4.42. The van der Waals surface area contributed by atoms with Gasteiger partial charge in [0.2, 0.25) is 0 Å². The molecule has 0 saturated carbocycles. The van der Waals surface area contributed by atoms with Crippen molar-refractivity contribution in [3.05, 3.63) is 51.0 Å². The van der Waals surface area contributed by atoms with E-state index in [4.69, 9.17) is 9.97 Å². The minimum atomic E-state index is 0.410. The van der Waals surface area contributed by atoms with Gasteiger partial charge >= 0.3 is 0 Å². The highest BCUT2D eigenvalue weighted by atomic mass is 127. The number of anilines is 1. The van der Waals surface area contributed by atoms with Crippen molar-refractivity contribution < 1.29 is 0 Å². The van der Waals surface area contributed by atoms with E-state index in [1.54, 1.807) is 0 Å². The van der Waals surface area contributed by atoms with E-state index in [1.165, 1.54) is 5.56 Å². The van der Waals surface area contributed by atoms with Gasteiger partial charge in [-0.05, 0) is 47.4 Å². The molecule has 0 atom stereocenters. The Balaban J connectivity index is 2.22. The van der Waals surface area contributed by atoms with Crippen molar-refractivity contribution in [2.45, 2.75) is 39.5 Å². The number of nitrogens with one attached hydrogen (secondary N) is 1. The zero-order valence-corrected chi connectivity index (χ0v) is 15.0. The summed E-state index contributed by atoms with van der Waals surface area (Å²) in [5, 5.41) is 3.35. The van der Waals surface area contributed by atoms with Crippen LogP contribution in [0.25, 0.3) is 0 Å². The summed E-state index contributed by atoms with van der Waals surface area (Å²) in [4.78, 5) is 9.46. The fourth-order valence-electron chi connectivity index (χ4n) is 2.19. The summed E-state index contributed by atoms with van der Waals surface area (Å²) in [5.41, 5.74) is 2.47. The number of nitrogens with zero attached hydrogens (tertiary/aromatic N) is 2. The summed E-state index contributed by atoms with van der Waals surface area (Å²) in [5.74, 6) is 2.31. The van der Waals surface area contributed by atoms with Crippen LogP contribution in [0.3, 0.4) is 0 Å². The molecule has 0 aliphatic heterocycles. The molecule has 0 amide bonds. The van der Waals surface area contributed by atoms with Gasteiger partial charge in [0, 0.05) is 13.0 Å². The summed E-state index contributed by atoms with van der Waals surface area (Å²) in [6.07, 6.45) is 1.85. The molecule has 21 heavy (non-hydrogen) atoms. The fourth-order valence-corrected chi connectivity index (χ4v) is 3.25. The smallest absolute Gasteiger partial charge is 0.143 e. The van der Waals surface area contributed by atoms with Crippen LogP contribution < -0.4 is 5.32 Å². The van der Waals surface area contributed by atoms with Crippen LogP contribution in [0.1, 0.15) is 43.8 Å². The highest BCUT2D eigenvalue weighted by Gasteiger charge is 2.14. The zero-order chi connectivity index (χ0) is 15.2. The number of halogens is 1. The van der Waals surface area contributed by atoms with Gasteiger partial charge in [-0.1, -0.05) is 44.2 Å². The van der Waals surface area contributed by atoms with Gasteiger partial charge in [-0.3, -0.25) is 0 Å². The normalized spacial score (nSPS) is 10.9. The number of aromatic nitrogens is 2. The number of rotatable bonds is 6. The third kappa shape index (κ3) is 4.40. The van der Waals surface area contributed by atoms with Crippen LogP contribution >= 0.6 is 22.6 Å². The standard InChI is InChI=1S/C17H22IN3/c1-4-19-17-15(18)16(12(2)3)20-14(21-17)11-10-13-8-6-5-7-9-13/h5-9,12H,4,10-11H2,1-3H3,(H,19,20,21). The van der Waals surface area contributed by atoms with Gasteiger partial charge in [0.05, 0.1) is 9.26 Å². The second-order valence-corrected chi connectivity index (χ2v) is 6.44. The Morgan fingerprint density at radius 2 is 1.81 bits per heavy atom. The molecular formula is C17H22IN3. The molecule has 1 aromatic heterocycles. The summed E-state index contributed by atoms with van der Waals surface area (Å²) in [6, 6.07) is 10.5. The molecule has 1 heterocycles. The van der Waals surface area contributed by atoms with E-state index in [9.17, 15) is 0 Å². The largest absolute Gasteiger partial charge is 0.369 e. The van der Waals surface area contributed by atoms with Crippen LogP contribution in [-0.4, -0.2) is 16.5 Å². The molecule has 2 aromatic rings. The predicted molar refractivity (Wildman–Crippen MR) is 96.9 cm³/mol. The van der Waals surface area contributed by atoms with Gasteiger partial charge in [0.15, 0.2) is 0 Å². The first kappa shape index (κ1) is 16.2. The quantitative estimate of drug-likeness (QED) is 0.736. The molecule has 0 spiro atoms. The minimum Gasteiger partial charge on any atom is -0.369 e. The average Bonchev–Trinajstić information content (AvgIpc) is 2.49. The first-order chi connectivity index (χ1) is 10.1. The molecule has 112 valence electrons. The Hall–Kier alpha value is -1.17. The monoisotopic (exact) mass is 395 g/mol. The number of aryl methyl sites for hydroxylation is 2. The molecule has 1 N–H and O–H groups in total. The average molecular weight is 395 g/mol. The van der Waals surface area contributed by atoms with E-state index in [0.29, 0.717) is 5.92 Å². The van der Waals surface area contributed by atoms with Crippen molar-refractivity contribution in [1.29, 1.82) is 0 Å². The second-order valence-electron chi connectivity index (χ2n) is 5.36. The maximum Gasteiger partial charge on any atom is 0.143 e. The van der Waals surface area contributed by atoms with Gasteiger partial charge in [0.1, 0.15) is 11.6 Å². The maximum absolute atomic E-state index is 4.77. The van der Waals surface area contributed by atoms with Crippen molar-refractivity contribution >= 4 is 28.4 Å². The van der Waals surface area contributed by atoms with Crippen molar-refractivity contribution in [3.63, 3.8) is 0 Å². The van der Waals surface area contributed by atoms with Crippen molar-refractivity contribution in [1.82, 2.24) is 9.97 Å². The Morgan fingerprint density at radius 3 is 2.43 bits per heavy atom. The van der Waals surface area contributed by atoms with E-state index in [0.717, 1.165) is 40.3 Å². The van der Waals surface area contributed by atoms with Gasteiger partial charge in [-0.25, -0.2) is 9.97 Å². The number of hydrogen-bond donors (Lipinski definition) is 1. The zero-order valence-electron chi connectivity index (χ0n) is 12.9. The summed E-state index contributed by atoms with van der Waals surface area (Å²) in [7, 11) is 0. The van der Waals surface area contributed by atoms with Crippen LogP contribution in [0.5, 0.6) is 0 Å². The molecule has 0 bridgehead atoms. The molecule has 0 unspecified atom stereocenters. The van der Waals surface area contributed by atoms with Crippen LogP contribution in [0.15, 0.2) is 30.3 Å². The highest BCUT2D eigenvalue weighted by Crippen LogP contribution is 2.25. The molecule has 0 fully saturated rings. The van der Waals surface area contributed by atoms with Crippen LogP contribution in [0.4, 0.5) is 5.82 Å². The Labute approximate surface area is 140 Å². The van der Waals surface area contributed by atoms with Crippen LogP contribution in [0, 0.1) is 3.57 Å². The first-order valence-electron chi connectivity index (χ1n) is 7.46. The molecule has 3 nitrogen and oxygen atoms in total. The Bertz CT molecular complexity index is 582. The molecule has 0 saturated heterocycles. The molecule has 1 aromatic carbocycles. The lowest BCUT2D eigenvalue weighted by atomic mass is 10.1. The SMILES string of the molecule is CCNc1nc(CCc2ccccc2)nc(C(C)C)c1I. The van der Waals surface area contributed by atoms with Gasteiger partial charge in [0.25, 0.3) is 0 Å². The van der Waals surface area contributed by atoms with Crippen molar-refractivity contribution in [3.8, 4) is 0 Å². The molecule has 4 heteroatoms. The van der Waals surface area contributed by atoms with Gasteiger partial charge in [-0.2, -0.15) is 0 Å². The molecule has 2 rings (SSSR count). The summed E-state index contributed by atoms with van der Waals surface area (Å²) >= 11 is 2.35. The van der Waals surface area contributed by atoms with Gasteiger partial charge < -0.3 is 5.32 Å². The lowest BCUT2D eigenvalue weighted by molar-refractivity contribution is 0.764. The van der Waals surface area contributed by atoms with Crippen molar-refractivity contribution in [2.75, 3.05) is 11.9 Å². The van der Waals surface area contributed by atoms with Crippen LogP contribution in [0.2, 0.25) is 0 Å². The fraction of sp³-hybridized carbons (Fsp3) is 0.412. The molecular weight excluding hydrogens is 373 g/mol. The number of benzene rings is 1. The third-order valence-electron chi connectivity index (χ3n) is 3.29. The third-order valence-corrected chi connectivity index (χ3v) is 4.36. The van der Waals surface area contributed by atoms with Crippen LogP contribution in [-0.2, 0) is 12.8 Å². The topological polar surface area (TPSA) is 37.8 Å². The lowest BCUT2D eigenvalue weighted by Gasteiger charge is -2.14. The Kier molecular flexibility index (Phi) is 5.96. The second kappa shape index (κ2) is 7.73. The van der Waals surface area contributed by atoms with Gasteiger partial charge in [-0.15, -0.1) is 0 Å². The number of hydrogen-bond acceptors (Lipinski definition) is 3. The highest BCUT2D eigenvalue weighted by molar-refractivity contribution is 14.1. The molecule has 0 aliphatic rings. The van der Waals surface area contributed by atoms with E-state index in [1.807, 2.05) is 6.07 Å². The minimum absolute atomic E-state index is 0.410. The first-order valence-corrected chi connectivity index (χ1v) is 8.53. The van der Waals surface area contributed by atoms with E-state index >= 15 is 0 Å². The molecule has 0 aliphatic carbocycles. The molecule has 0 radical (unpaired) electrons. The summed E-state index contributed by atoms with van der Waals surface area (Å²) in [6.45, 7) is 7.34. The van der Waals surface area contributed by atoms with E-state index < -0.39 is 0 Å². The lowest BCUT2D eigenvalue weighted by Crippen LogP contribution is -2.11.